The molecule has 2 rings (SSSR count). The summed E-state index contributed by atoms with van der Waals surface area (Å²) >= 11 is 0.980. The number of carbonyl (C=O) groups is 1. The molecule has 1 aliphatic rings. The maximum Gasteiger partial charge on any atom is 0.255 e. The zero-order chi connectivity index (χ0) is 14.2. The van der Waals surface area contributed by atoms with E-state index in [1.165, 1.54) is 6.07 Å². The Balaban J connectivity index is 2.18. The number of primary sulfonamides is 1. The predicted molar refractivity (Wildman–Crippen MR) is 73.7 cm³/mol. The van der Waals surface area contributed by atoms with Gasteiger partial charge in [-0.2, -0.15) is 0 Å². The second-order valence-electron chi connectivity index (χ2n) is 4.81. The number of carbonyl (C=O) groups excluding carboxylic acids is 1. The zero-order valence-corrected chi connectivity index (χ0v) is 12.5. The van der Waals surface area contributed by atoms with Crippen molar-refractivity contribution in [3.8, 4) is 0 Å². The topological polar surface area (TPSA) is 83.7 Å². The van der Waals surface area contributed by atoms with Crippen LogP contribution in [-0.4, -0.2) is 56.8 Å². The van der Waals surface area contributed by atoms with E-state index in [0.29, 0.717) is 12.1 Å². The van der Waals surface area contributed by atoms with Crippen LogP contribution in [0.15, 0.2) is 15.7 Å². The third-order valence-electron chi connectivity index (χ3n) is 3.19. The molecule has 1 saturated heterocycles. The predicted octanol–water partition coefficient (Wildman–Crippen LogP) is 0.172. The van der Waals surface area contributed by atoms with Crippen LogP contribution in [0.1, 0.15) is 17.3 Å². The van der Waals surface area contributed by atoms with Gasteiger partial charge in [-0.3, -0.25) is 4.79 Å². The highest BCUT2D eigenvalue weighted by Gasteiger charge is 2.27. The number of sulfonamides is 1. The van der Waals surface area contributed by atoms with Crippen molar-refractivity contribution in [2.75, 3.05) is 26.7 Å². The first-order valence-electron chi connectivity index (χ1n) is 5.90. The summed E-state index contributed by atoms with van der Waals surface area (Å²) in [4.78, 5) is 16.3. The van der Waals surface area contributed by atoms with Gasteiger partial charge in [0.1, 0.15) is 4.21 Å². The summed E-state index contributed by atoms with van der Waals surface area (Å²) in [7, 11) is -1.71. The maximum absolute atomic E-state index is 12.3. The van der Waals surface area contributed by atoms with Crippen LogP contribution < -0.4 is 5.14 Å². The highest BCUT2D eigenvalue weighted by atomic mass is 32.2. The molecule has 0 saturated carbocycles. The van der Waals surface area contributed by atoms with Crippen molar-refractivity contribution in [1.29, 1.82) is 0 Å². The fourth-order valence-electron chi connectivity index (χ4n) is 2.19. The number of hydrogen-bond acceptors (Lipinski definition) is 5. The average molecular weight is 303 g/mol. The minimum atomic E-state index is -3.73. The first-order valence-corrected chi connectivity index (χ1v) is 8.32. The van der Waals surface area contributed by atoms with E-state index in [9.17, 15) is 13.2 Å². The molecule has 0 aromatic carbocycles. The van der Waals surface area contributed by atoms with Crippen LogP contribution in [0.2, 0.25) is 0 Å². The lowest BCUT2D eigenvalue weighted by atomic mass is 10.1. The molecule has 106 valence electrons. The summed E-state index contributed by atoms with van der Waals surface area (Å²) in [5.41, 5.74) is 0.394. The van der Waals surface area contributed by atoms with Crippen LogP contribution in [0.4, 0.5) is 0 Å². The van der Waals surface area contributed by atoms with Crippen molar-refractivity contribution < 1.29 is 13.2 Å². The summed E-state index contributed by atoms with van der Waals surface area (Å²) < 4.78 is 22.4. The van der Waals surface area contributed by atoms with Gasteiger partial charge in [-0.25, -0.2) is 13.6 Å². The fourth-order valence-corrected chi connectivity index (χ4v) is 3.76. The summed E-state index contributed by atoms with van der Waals surface area (Å²) in [6.07, 6.45) is 0. The Kier molecular flexibility index (Phi) is 3.95. The molecule has 0 unspecified atom stereocenters. The molecule has 1 aromatic heterocycles. The van der Waals surface area contributed by atoms with Gasteiger partial charge in [0.15, 0.2) is 0 Å². The number of thiophene rings is 1. The maximum atomic E-state index is 12.3. The summed E-state index contributed by atoms with van der Waals surface area (Å²) in [5.74, 6) is -0.133. The molecule has 0 bridgehead atoms. The van der Waals surface area contributed by atoms with Gasteiger partial charge in [-0.05, 0) is 20.0 Å². The summed E-state index contributed by atoms with van der Waals surface area (Å²) in [6.45, 7) is 4.28. The van der Waals surface area contributed by atoms with Crippen molar-refractivity contribution in [3.63, 3.8) is 0 Å². The van der Waals surface area contributed by atoms with Crippen molar-refractivity contribution >= 4 is 27.3 Å². The molecule has 2 heterocycles. The molecule has 1 atom stereocenters. The van der Waals surface area contributed by atoms with E-state index in [4.69, 9.17) is 5.14 Å². The lowest BCUT2D eigenvalue weighted by Gasteiger charge is -2.38. The summed E-state index contributed by atoms with van der Waals surface area (Å²) in [6, 6.07) is 1.47. The van der Waals surface area contributed by atoms with Gasteiger partial charge in [0.05, 0.1) is 5.56 Å². The van der Waals surface area contributed by atoms with Gasteiger partial charge in [0.25, 0.3) is 5.91 Å². The molecule has 6 nitrogen and oxygen atoms in total. The molecule has 19 heavy (non-hydrogen) atoms. The first-order chi connectivity index (χ1) is 8.79. The number of likely N-dealkylation sites (N-methyl/N-ethyl adjacent to an activating group) is 1. The normalized spacial score (nSPS) is 21.6. The quantitative estimate of drug-likeness (QED) is 0.844. The van der Waals surface area contributed by atoms with Crippen molar-refractivity contribution in [2.45, 2.75) is 17.2 Å². The van der Waals surface area contributed by atoms with E-state index >= 15 is 0 Å². The van der Waals surface area contributed by atoms with Gasteiger partial charge >= 0.3 is 0 Å². The monoisotopic (exact) mass is 303 g/mol. The molecule has 0 spiro atoms. The third-order valence-corrected chi connectivity index (χ3v) is 5.58. The number of rotatable bonds is 2. The molecule has 1 amide bonds. The molecule has 8 heteroatoms. The molecular weight excluding hydrogens is 286 g/mol. The highest BCUT2D eigenvalue weighted by Crippen LogP contribution is 2.21. The molecule has 0 aliphatic carbocycles. The number of piperazine rings is 1. The van der Waals surface area contributed by atoms with Crippen LogP contribution in [0.3, 0.4) is 0 Å². The Morgan fingerprint density at radius 3 is 2.68 bits per heavy atom. The van der Waals surface area contributed by atoms with Crippen LogP contribution in [0.5, 0.6) is 0 Å². The Bertz CT molecular complexity index is 582. The number of hydrogen-bond donors (Lipinski definition) is 1. The lowest BCUT2D eigenvalue weighted by Crippen LogP contribution is -2.52. The molecule has 1 aromatic rings. The highest BCUT2D eigenvalue weighted by molar-refractivity contribution is 7.91. The molecule has 1 fully saturated rings. The van der Waals surface area contributed by atoms with Gasteiger partial charge in [0.2, 0.25) is 10.0 Å². The Morgan fingerprint density at radius 1 is 1.47 bits per heavy atom. The summed E-state index contributed by atoms with van der Waals surface area (Å²) in [5, 5.41) is 6.59. The Labute approximate surface area is 116 Å². The van der Waals surface area contributed by atoms with E-state index in [-0.39, 0.29) is 16.2 Å². The minimum absolute atomic E-state index is 0.0256. The van der Waals surface area contributed by atoms with E-state index < -0.39 is 10.0 Å². The second kappa shape index (κ2) is 5.20. The van der Waals surface area contributed by atoms with Crippen LogP contribution >= 0.6 is 11.3 Å². The molecule has 2 N–H and O–H groups in total. The fraction of sp³-hybridized carbons (Fsp3) is 0.545. The number of amides is 1. The van der Waals surface area contributed by atoms with Crippen molar-refractivity contribution in [2.24, 2.45) is 5.14 Å². The van der Waals surface area contributed by atoms with Gasteiger partial charge in [-0.15, -0.1) is 11.3 Å². The second-order valence-corrected chi connectivity index (χ2v) is 7.51. The van der Waals surface area contributed by atoms with E-state index in [2.05, 4.69) is 4.90 Å². The van der Waals surface area contributed by atoms with E-state index in [0.717, 1.165) is 24.4 Å². The van der Waals surface area contributed by atoms with Gasteiger partial charge in [-0.1, -0.05) is 0 Å². The number of nitrogens with two attached hydrogens (primary N) is 1. The van der Waals surface area contributed by atoms with Gasteiger partial charge < -0.3 is 9.80 Å². The zero-order valence-electron chi connectivity index (χ0n) is 10.9. The largest absolute Gasteiger partial charge is 0.333 e. The Morgan fingerprint density at radius 2 is 2.16 bits per heavy atom. The Hall–Kier alpha value is -0.960. The smallest absolute Gasteiger partial charge is 0.255 e. The van der Waals surface area contributed by atoms with Gasteiger partial charge in [0, 0.05) is 31.1 Å². The van der Waals surface area contributed by atoms with Crippen LogP contribution in [0.25, 0.3) is 0 Å². The molecule has 1 aliphatic heterocycles. The SMILES string of the molecule is C[C@H]1CN(C)CCN1C(=O)c1csc(S(N)(=O)=O)c1. The first kappa shape index (κ1) is 14.4. The lowest BCUT2D eigenvalue weighted by molar-refractivity contribution is 0.0534. The molecule has 0 radical (unpaired) electrons. The standard InChI is InChI=1S/C11H17N3O3S2/c1-8-6-13(2)3-4-14(8)11(15)9-5-10(18-7-9)19(12,16)17/h5,7-8H,3-4,6H2,1-2H3,(H2,12,16,17)/t8-/m0/s1. The van der Waals surface area contributed by atoms with Crippen molar-refractivity contribution in [3.05, 3.63) is 17.0 Å². The molecular formula is C11H17N3O3S2. The van der Waals surface area contributed by atoms with Crippen LogP contribution in [-0.2, 0) is 10.0 Å². The number of nitrogens with zero attached hydrogens (tertiary/aromatic N) is 2. The van der Waals surface area contributed by atoms with E-state index in [1.54, 1.807) is 10.3 Å². The minimum Gasteiger partial charge on any atom is -0.333 e. The van der Waals surface area contributed by atoms with E-state index in [1.807, 2.05) is 14.0 Å². The van der Waals surface area contributed by atoms with Crippen molar-refractivity contribution in [1.82, 2.24) is 9.80 Å². The van der Waals surface area contributed by atoms with Crippen LogP contribution in [0, 0.1) is 0 Å². The average Bonchev–Trinajstić information content (AvgIpc) is 2.76. The third kappa shape index (κ3) is 3.14.